The van der Waals surface area contributed by atoms with Crippen LogP contribution in [0.2, 0.25) is 0 Å². The van der Waals surface area contributed by atoms with Crippen molar-refractivity contribution in [2.24, 2.45) is 0 Å². The van der Waals surface area contributed by atoms with E-state index in [2.05, 4.69) is 30.7 Å². The van der Waals surface area contributed by atoms with Crippen LogP contribution in [0, 0.1) is 6.92 Å². The fourth-order valence-electron chi connectivity index (χ4n) is 2.54. The summed E-state index contributed by atoms with van der Waals surface area (Å²) in [6, 6.07) is 1.59. The Labute approximate surface area is 132 Å². The maximum absolute atomic E-state index is 11.1. The van der Waals surface area contributed by atoms with Crippen LogP contribution >= 0.6 is 0 Å². The van der Waals surface area contributed by atoms with Gasteiger partial charge in [-0.05, 0) is 19.9 Å². The molecule has 0 saturated carbocycles. The van der Waals surface area contributed by atoms with E-state index in [0.717, 1.165) is 43.5 Å². The number of nitrogens with zero attached hydrogens (tertiary/aromatic N) is 4. The highest BCUT2D eigenvalue weighted by Crippen LogP contribution is 2.23. The molecule has 2 heterocycles. The zero-order chi connectivity index (χ0) is 16.5. The predicted octanol–water partition coefficient (Wildman–Crippen LogP) is 1.68. The Morgan fingerprint density at radius 1 is 1.23 bits per heavy atom. The lowest BCUT2D eigenvalue weighted by Gasteiger charge is -2.37. The van der Waals surface area contributed by atoms with Gasteiger partial charge in [-0.25, -0.2) is 9.97 Å². The third-order valence-electron chi connectivity index (χ3n) is 4.11. The van der Waals surface area contributed by atoms with Gasteiger partial charge in [-0.2, -0.15) is 0 Å². The van der Waals surface area contributed by atoms with Crippen molar-refractivity contribution in [2.75, 3.05) is 31.1 Å². The molecule has 1 fully saturated rings. The highest BCUT2D eigenvalue weighted by Gasteiger charge is 2.27. The van der Waals surface area contributed by atoms with Crippen LogP contribution in [0.3, 0.4) is 0 Å². The highest BCUT2D eigenvalue weighted by molar-refractivity contribution is 5.72. The first kappa shape index (κ1) is 16.7. The second-order valence-electron chi connectivity index (χ2n) is 6.98. The van der Waals surface area contributed by atoms with E-state index in [9.17, 15) is 4.79 Å². The predicted molar refractivity (Wildman–Crippen MR) is 86.4 cm³/mol. The number of aryl methyl sites for hydroxylation is 1. The van der Waals surface area contributed by atoms with Crippen molar-refractivity contribution in [3.8, 4) is 0 Å². The molecular formula is C16H26N4O2. The number of piperazine rings is 1. The van der Waals surface area contributed by atoms with Gasteiger partial charge in [0.15, 0.2) is 0 Å². The standard InChI is InChI=1S/C16H26N4O2/c1-11-10-13(16(3,4)5)18-15(17-11)20-8-6-19(7-9-20)12(2)14(21)22/h10,12H,6-9H2,1-5H3,(H,21,22). The summed E-state index contributed by atoms with van der Waals surface area (Å²) in [5, 5.41) is 9.10. The topological polar surface area (TPSA) is 69.6 Å². The number of carboxylic acids is 1. The minimum Gasteiger partial charge on any atom is -0.480 e. The van der Waals surface area contributed by atoms with Gasteiger partial charge in [0.2, 0.25) is 5.95 Å². The molecule has 1 aromatic heterocycles. The summed E-state index contributed by atoms with van der Waals surface area (Å²) in [4.78, 5) is 24.5. The zero-order valence-corrected chi connectivity index (χ0v) is 14.1. The van der Waals surface area contributed by atoms with Gasteiger partial charge in [0, 0.05) is 37.3 Å². The molecular weight excluding hydrogens is 280 g/mol. The van der Waals surface area contributed by atoms with Crippen molar-refractivity contribution >= 4 is 11.9 Å². The lowest BCUT2D eigenvalue weighted by atomic mass is 9.91. The van der Waals surface area contributed by atoms with Gasteiger partial charge >= 0.3 is 5.97 Å². The van der Waals surface area contributed by atoms with Gasteiger partial charge in [0.25, 0.3) is 0 Å². The van der Waals surface area contributed by atoms with Crippen molar-refractivity contribution in [3.63, 3.8) is 0 Å². The van der Waals surface area contributed by atoms with Gasteiger partial charge in [-0.3, -0.25) is 9.69 Å². The SMILES string of the molecule is Cc1cc(C(C)(C)C)nc(N2CCN(C(C)C(=O)O)CC2)n1. The Bertz CT molecular complexity index is 546. The quantitative estimate of drug-likeness (QED) is 0.916. The summed E-state index contributed by atoms with van der Waals surface area (Å²) in [5.74, 6) is -0.0113. The molecule has 0 bridgehead atoms. The van der Waals surface area contributed by atoms with Gasteiger partial charge in [0.05, 0.1) is 5.69 Å². The van der Waals surface area contributed by atoms with Crippen LogP contribution in [0.25, 0.3) is 0 Å². The van der Waals surface area contributed by atoms with Crippen molar-refractivity contribution in [1.29, 1.82) is 0 Å². The molecule has 1 unspecified atom stereocenters. The maximum atomic E-state index is 11.1. The second kappa shape index (κ2) is 6.20. The van der Waals surface area contributed by atoms with Gasteiger partial charge in [-0.1, -0.05) is 20.8 Å². The molecule has 0 radical (unpaired) electrons. The van der Waals surface area contributed by atoms with E-state index in [1.807, 2.05) is 17.9 Å². The van der Waals surface area contributed by atoms with E-state index in [-0.39, 0.29) is 5.41 Å². The number of aromatic nitrogens is 2. The molecule has 1 saturated heterocycles. The Balaban J connectivity index is 2.12. The van der Waals surface area contributed by atoms with Crippen molar-refractivity contribution in [2.45, 2.75) is 46.1 Å². The summed E-state index contributed by atoms with van der Waals surface area (Å²) in [6.07, 6.45) is 0. The third kappa shape index (κ3) is 3.74. The van der Waals surface area contributed by atoms with Gasteiger partial charge < -0.3 is 10.0 Å². The van der Waals surface area contributed by atoms with Gasteiger partial charge in [0.1, 0.15) is 6.04 Å². The number of rotatable bonds is 3. The number of carboxylic acid groups (broad SMARTS) is 1. The fraction of sp³-hybridized carbons (Fsp3) is 0.688. The smallest absolute Gasteiger partial charge is 0.320 e. The molecule has 2 rings (SSSR count). The second-order valence-corrected chi connectivity index (χ2v) is 6.98. The monoisotopic (exact) mass is 306 g/mol. The third-order valence-corrected chi connectivity index (χ3v) is 4.11. The van der Waals surface area contributed by atoms with E-state index in [1.54, 1.807) is 6.92 Å². The summed E-state index contributed by atoms with van der Waals surface area (Å²) in [7, 11) is 0. The first-order chi connectivity index (χ1) is 10.2. The first-order valence-corrected chi connectivity index (χ1v) is 7.76. The number of anilines is 1. The zero-order valence-electron chi connectivity index (χ0n) is 14.1. The molecule has 1 aliphatic rings. The normalized spacial score (nSPS) is 18.3. The molecule has 1 N–H and O–H groups in total. The lowest BCUT2D eigenvalue weighted by Crippen LogP contribution is -2.52. The summed E-state index contributed by atoms with van der Waals surface area (Å²) in [6.45, 7) is 13.1. The van der Waals surface area contributed by atoms with Crippen LogP contribution in [0.4, 0.5) is 5.95 Å². The Hall–Kier alpha value is -1.69. The van der Waals surface area contributed by atoms with Crippen LogP contribution in [-0.2, 0) is 10.2 Å². The van der Waals surface area contributed by atoms with Crippen molar-refractivity contribution in [1.82, 2.24) is 14.9 Å². The Kier molecular flexibility index (Phi) is 4.70. The van der Waals surface area contributed by atoms with Crippen molar-refractivity contribution in [3.05, 3.63) is 17.5 Å². The molecule has 0 aromatic carbocycles. The van der Waals surface area contributed by atoms with Crippen LogP contribution in [-0.4, -0.2) is 58.2 Å². The van der Waals surface area contributed by atoms with Crippen molar-refractivity contribution < 1.29 is 9.90 Å². The average molecular weight is 306 g/mol. The summed E-state index contributed by atoms with van der Waals surface area (Å²) >= 11 is 0. The molecule has 0 aliphatic carbocycles. The van der Waals surface area contributed by atoms with Crippen LogP contribution in [0.5, 0.6) is 0 Å². The number of hydrogen-bond donors (Lipinski definition) is 1. The van der Waals surface area contributed by atoms with E-state index >= 15 is 0 Å². The largest absolute Gasteiger partial charge is 0.480 e. The van der Waals surface area contributed by atoms with Crippen LogP contribution < -0.4 is 4.90 Å². The molecule has 1 aliphatic heterocycles. The Morgan fingerprint density at radius 2 is 1.82 bits per heavy atom. The minimum atomic E-state index is -0.768. The maximum Gasteiger partial charge on any atom is 0.320 e. The van der Waals surface area contributed by atoms with E-state index in [4.69, 9.17) is 10.1 Å². The van der Waals surface area contributed by atoms with Crippen LogP contribution in [0.1, 0.15) is 39.1 Å². The first-order valence-electron chi connectivity index (χ1n) is 7.76. The van der Waals surface area contributed by atoms with Crippen LogP contribution in [0.15, 0.2) is 6.07 Å². The Morgan fingerprint density at radius 3 is 2.32 bits per heavy atom. The summed E-state index contributed by atoms with van der Waals surface area (Å²) < 4.78 is 0. The number of aliphatic carboxylic acids is 1. The number of hydrogen-bond acceptors (Lipinski definition) is 5. The highest BCUT2D eigenvalue weighted by atomic mass is 16.4. The fourth-order valence-corrected chi connectivity index (χ4v) is 2.54. The average Bonchev–Trinajstić information content (AvgIpc) is 2.45. The molecule has 6 heteroatoms. The lowest BCUT2D eigenvalue weighted by molar-refractivity contribution is -0.142. The molecule has 122 valence electrons. The molecule has 1 atom stereocenters. The van der Waals surface area contributed by atoms with E-state index < -0.39 is 12.0 Å². The van der Waals surface area contributed by atoms with E-state index in [0.29, 0.717) is 0 Å². The number of carbonyl (C=O) groups is 1. The molecule has 1 aromatic rings. The van der Waals surface area contributed by atoms with Gasteiger partial charge in [-0.15, -0.1) is 0 Å². The molecule has 0 spiro atoms. The molecule has 22 heavy (non-hydrogen) atoms. The summed E-state index contributed by atoms with van der Waals surface area (Å²) in [5.41, 5.74) is 2.00. The molecule has 6 nitrogen and oxygen atoms in total. The molecule has 0 amide bonds. The van der Waals surface area contributed by atoms with E-state index in [1.165, 1.54) is 0 Å². The minimum absolute atomic E-state index is 0.0118.